The Labute approximate surface area is 157 Å². The van der Waals surface area contributed by atoms with Crippen molar-refractivity contribution in [1.82, 2.24) is 14.9 Å². The number of carbonyl (C=O) groups excluding carboxylic acids is 1. The number of aromatic nitrogens is 2. The number of H-pyrrole nitrogens is 1. The summed E-state index contributed by atoms with van der Waals surface area (Å²) in [5.41, 5.74) is 1.41. The first-order valence-electron chi connectivity index (χ1n) is 8.87. The number of hydrogen-bond acceptors (Lipinski definition) is 4. The number of fused-ring (bicyclic) bond motifs is 1. The second kappa shape index (κ2) is 8.03. The van der Waals surface area contributed by atoms with Crippen LogP contribution in [0.15, 0.2) is 53.3 Å². The van der Waals surface area contributed by atoms with Crippen LogP contribution >= 0.6 is 0 Å². The predicted octanol–water partition coefficient (Wildman–Crippen LogP) is 3.12. The number of nitrogens with zero attached hydrogens (tertiary/aromatic N) is 2. The Hall–Kier alpha value is -3.15. The van der Waals surface area contributed by atoms with Crippen molar-refractivity contribution in [1.29, 1.82) is 0 Å². The maximum absolute atomic E-state index is 12.7. The molecule has 0 saturated carbocycles. The Bertz CT molecular complexity index is 993. The van der Waals surface area contributed by atoms with Gasteiger partial charge in [-0.25, -0.2) is 4.98 Å². The minimum absolute atomic E-state index is 0.00151. The van der Waals surface area contributed by atoms with E-state index in [1.165, 1.54) is 0 Å². The van der Waals surface area contributed by atoms with Crippen LogP contribution in [0.5, 0.6) is 5.75 Å². The quantitative estimate of drug-likeness (QED) is 0.728. The molecule has 0 fully saturated rings. The molecule has 6 nitrogen and oxygen atoms in total. The van der Waals surface area contributed by atoms with Crippen molar-refractivity contribution < 1.29 is 9.53 Å². The largest absolute Gasteiger partial charge is 0.497 e. The van der Waals surface area contributed by atoms with Crippen LogP contribution in [0.3, 0.4) is 0 Å². The fourth-order valence-corrected chi connectivity index (χ4v) is 2.92. The summed E-state index contributed by atoms with van der Waals surface area (Å²) in [6, 6.07) is 14.8. The highest BCUT2D eigenvalue weighted by Crippen LogP contribution is 2.16. The van der Waals surface area contributed by atoms with Crippen molar-refractivity contribution in [2.75, 3.05) is 7.11 Å². The SMILES string of the molecule is COc1ccc(CN(Cc2nc3ccccc3c(=O)[nH]2)C(=O)C(C)C)cc1. The number of amides is 1. The van der Waals surface area contributed by atoms with Crippen molar-refractivity contribution in [3.05, 3.63) is 70.3 Å². The monoisotopic (exact) mass is 365 g/mol. The van der Waals surface area contributed by atoms with Crippen LogP contribution in [0, 0.1) is 5.92 Å². The van der Waals surface area contributed by atoms with Crippen LogP contribution in [-0.2, 0) is 17.9 Å². The Morgan fingerprint density at radius 3 is 2.48 bits per heavy atom. The van der Waals surface area contributed by atoms with E-state index in [-0.39, 0.29) is 23.9 Å². The van der Waals surface area contributed by atoms with Gasteiger partial charge in [-0.3, -0.25) is 9.59 Å². The van der Waals surface area contributed by atoms with Gasteiger partial charge in [0.05, 0.1) is 24.6 Å². The number of para-hydroxylation sites is 1. The standard InChI is InChI=1S/C21H23N3O3/c1-14(2)21(26)24(12-15-8-10-16(27-3)11-9-15)13-19-22-18-7-5-4-6-17(18)20(25)23-19/h4-11,14H,12-13H2,1-3H3,(H,22,23,25). The second-order valence-electron chi connectivity index (χ2n) is 6.73. The van der Waals surface area contributed by atoms with E-state index in [1.54, 1.807) is 30.2 Å². The molecule has 0 atom stereocenters. The van der Waals surface area contributed by atoms with E-state index in [4.69, 9.17) is 4.74 Å². The van der Waals surface area contributed by atoms with Crippen molar-refractivity contribution in [2.24, 2.45) is 5.92 Å². The number of benzene rings is 2. The number of rotatable bonds is 6. The molecule has 3 rings (SSSR count). The summed E-state index contributed by atoms with van der Waals surface area (Å²) in [6.07, 6.45) is 0. The number of methoxy groups -OCH3 is 1. The highest BCUT2D eigenvalue weighted by atomic mass is 16.5. The number of ether oxygens (including phenoxy) is 1. The fourth-order valence-electron chi connectivity index (χ4n) is 2.92. The number of hydrogen-bond donors (Lipinski definition) is 1. The number of aromatic amines is 1. The third-order valence-corrected chi connectivity index (χ3v) is 4.34. The highest BCUT2D eigenvalue weighted by molar-refractivity contribution is 5.79. The van der Waals surface area contributed by atoms with Gasteiger partial charge in [0, 0.05) is 12.5 Å². The average molecular weight is 365 g/mol. The lowest BCUT2D eigenvalue weighted by atomic mass is 10.1. The summed E-state index contributed by atoms with van der Waals surface area (Å²) in [5, 5.41) is 0.540. The lowest BCUT2D eigenvalue weighted by Crippen LogP contribution is -2.34. The molecule has 1 aromatic heterocycles. The molecule has 1 N–H and O–H groups in total. The Morgan fingerprint density at radius 2 is 1.81 bits per heavy atom. The normalized spacial score (nSPS) is 11.0. The molecule has 0 spiro atoms. The molecule has 1 amide bonds. The Balaban J connectivity index is 1.89. The maximum Gasteiger partial charge on any atom is 0.258 e. The summed E-state index contributed by atoms with van der Waals surface area (Å²) in [4.78, 5) is 34.0. The first-order valence-corrected chi connectivity index (χ1v) is 8.87. The Morgan fingerprint density at radius 1 is 1.11 bits per heavy atom. The van der Waals surface area contributed by atoms with E-state index in [0.717, 1.165) is 11.3 Å². The van der Waals surface area contributed by atoms with E-state index in [2.05, 4.69) is 9.97 Å². The summed E-state index contributed by atoms with van der Waals surface area (Å²) >= 11 is 0. The minimum atomic E-state index is -0.197. The van der Waals surface area contributed by atoms with Gasteiger partial charge >= 0.3 is 0 Å². The molecule has 0 aliphatic carbocycles. The van der Waals surface area contributed by atoms with Gasteiger partial charge in [-0.1, -0.05) is 38.1 Å². The third kappa shape index (κ3) is 4.34. The molecule has 3 aromatic rings. The van der Waals surface area contributed by atoms with E-state index in [1.807, 2.05) is 44.2 Å². The highest BCUT2D eigenvalue weighted by Gasteiger charge is 2.19. The van der Waals surface area contributed by atoms with Gasteiger partial charge in [0.15, 0.2) is 0 Å². The molecule has 0 radical (unpaired) electrons. The first-order chi connectivity index (χ1) is 13.0. The van der Waals surface area contributed by atoms with Crippen LogP contribution in [0.25, 0.3) is 10.9 Å². The summed E-state index contributed by atoms with van der Waals surface area (Å²) < 4.78 is 5.18. The number of nitrogens with one attached hydrogen (secondary N) is 1. The van der Waals surface area contributed by atoms with Crippen LogP contribution < -0.4 is 10.3 Å². The molecule has 2 aromatic carbocycles. The number of carbonyl (C=O) groups is 1. The lowest BCUT2D eigenvalue weighted by molar-refractivity contribution is -0.135. The summed E-state index contributed by atoms with van der Waals surface area (Å²) in [5.74, 6) is 1.08. The van der Waals surface area contributed by atoms with Crippen molar-refractivity contribution in [3.8, 4) is 5.75 Å². The molecule has 0 saturated heterocycles. The van der Waals surface area contributed by atoms with Gasteiger partial charge in [-0.15, -0.1) is 0 Å². The van der Waals surface area contributed by atoms with Gasteiger partial charge in [0.2, 0.25) is 5.91 Å². The van der Waals surface area contributed by atoms with Gasteiger partial charge < -0.3 is 14.6 Å². The van der Waals surface area contributed by atoms with Crippen molar-refractivity contribution in [2.45, 2.75) is 26.9 Å². The van der Waals surface area contributed by atoms with Gasteiger partial charge in [-0.05, 0) is 29.8 Å². The molecular formula is C21H23N3O3. The van der Waals surface area contributed by atoms with Crippen LogP contribution in [0.4, 0.5) is 0 Å². The third-order valence-electron chi connectivity index (χ3n) is 4.34. The van der Waals surface area contributed by atoms with E-state index >= 15 is 0 Å². The summed E-state index contributed by atoms with van der Waals surface area (Å²) in [7, 11) is 1.62. The smallest absolute Gasteiger partial charge is 0.258 e. The van der Waals surface area contributed by atoms with Crippen LogP contribution in [0.2, 0.25) is 0 Å². The van der Waals surface area contributed by atoms with E-state index in [9.17, 15) is 9.59 Å². The molecule has 6 heteroatoms. The maximum atomic E-state index is 12.7. The fraction of sp³-hybridized carbons (Fsp3) is 0.286. The second-order valence-corrected chi connectivity index (χ2v) is 6.73. The first kappa shape index (κ1) is 18.6. The van der Waals surface area contributed by atoms with Gasteiger partial charge in [-0.2, -0.15) is 0 Å². The van der Waals surface area contributed by atoms with Crippen LogP contribution in [0.1, 0.15) is 25.2 Å². The lowest BCUT2D eigenvalue weighted by Gasteiger charge is -2.24. The van der Waals surface area contributed by atoms with E-state index < -0.39 is 0 Å². The van der Waals surface area contributed by atoms with Crippen LogP contribution in [-0.4, -0.2) is 27.9 Å². The predicted molar refractivity (Wildman–Crippen MR) is 104 cm³/mol. The zero-order valence-electron chi connectivity index (χ0n) is 15.7. The molecule has 0 aliphatic heterocycles. The molecule has 1 heterocycles. The Kier molecular flexibility index (Phi) is 5.54. The average Bonchev–Trinajstić information content (AvgIpc) is 2.67. The van der Waals surface area contributed by atoms with Crippen molar-refractivity contribution in [3.63, 3.8) is 0 Å². The zero-order valence-corrected chi connectivity index (χ0v) is 15.7. The molecule has 140 valence electrons. The topological polar surface area (TPSA) is 75.3 Å². The van der Waals surface area contributed by atoms with Crippen molar-refractivity contribution >= 4 is 16.8 Å². The molecule has 0 bridgehead atoms. The van der Waals surface area contributed by atoms with Gasteiger partial charge in [0.1, 0.15) is 11.6 Å². The molecule has 0 aliphatic rings. The van der Waals surface area contributed by atoms with E-state index in [0.29, 0.717) is 23.3 Å². The molecule has 0 unspecified atom stereocenters. The molecule has 27 heavy (non-hydrogen) atoms. The summed E-state index contributed by atoms with van der Waals surface area (Å²) in [6.45, 7) is 4.39. The molecular weight excluding hydrogens is 342 g/mol. The zero-order chi connectivity index (χ0) is 19.4. The van der Waals surface area contributed by atoms with Gasteiger partial charge in [0.25, 0.3) is 5.56 Å². The minimum Gasteiger partial charge on any atom is -0.497 e.